The number of carbonyl (C=O) groups is 1. The van der Waals surface area contributed by atoms with Crippen molar-refractivity contribution in [2.75, 3.05) is 0 Å². The molecular weight excluding hydrogens is 298 g/mol. The van der Waals surface area contributed by atoms with Crippen LogP contribution in [-0.4, -0.2) is 21.0 Å². The van der Waals surface area contributed by atoms with Crippen LogP contribution in [-0.2, 0) is 6.54 Å². The number of thiophene rings is 1. The lowest BCUT2D eigenvalue weighted by atomic mass is 10.1. The van der Waals surface area contributed by atoms with Gasteiger partial charge in [-0.3, -0.25) is 4.79 Å². The summed E-state index contributed by atoms with van der Waals surface area (Å²) in [4.78, 5) is 14.3. The second-order valence-corrected chi connectivity index (χ2v) is 5.42. The van der Waals surface area contributed by atoms with Gasteiger partial charge >= 0.3 is 0 Å². The molecule has 0 bridgehead atoms. The number of allylic oxidation sites excluding steroid dienone is 2. The molecule has 0 radical (unpaired) electrons. The minimum Gasteiger partial charge on any atom is -0.508 e. The normalized spacial score (nSPS) is 11.2. The fourth-order valence-electron chi connectivity index (χ4n) is 2.08. The third-order valence-corrected chi connectivity index (χ3v) is 3.93. The molecular formula is C17H17NO3S. The molecule has 0 aliphatic heterocycles. The zero-order valence-corrected chi connectivity index (χ0v) is 13.0. The van der Waals surface area contributed by atoms with Crippen molar-refractivity contribution in [3.63, 3.8) is 0 Å². The third-order valence-electron chi connectivity index (χ3n) is 3.19. The van der Waals surface area contributed by atoms with Crippen LogP contribution in [0, 0.1) is 0 Å². The number of nitrogens with zero attached hydrogens (tertiary/aromatic N) is 1. The monoisotopic (exact) mass is 315 g/mol. The second-order valence-electron chi connectivity index (χ2n) is 4.64. The molecule has 2 N–H and O–H groups in total. The Kier molecular flexibility index (Phi) is 5.01. The van der Waals surface area contributed by atoms with E-state index < -0.39 is 0 Å². The van der Waals surface area contributed by atoms with E-state index in [0.717, 1.165) is 11.6 Å². The van der Waals surface area contributed by atoms with Gasteiger partial charge in [0, 0.05) is 11.8 Å². The molecule has 4 nitrogen and oxygen atoms in total. The lowest BCUT2D eigenvalue weighted by Gasteiger charge is -2.24. The highest BCUT2D eigenvalue weighted by molar-refractivity contribution is 7.07. The molecule has 1 aromatic heterocycles. The Balaban J connectivity index is 2.39. The number of carbonyl (C=O) groups excluding carboxylic acids is 1. The number of hydrogen-bond acceptors (Lipinski definition) is 4. The summed E-state index contributed by atoms with van der Waals surface area (Å²) in [6, 6.07) is 5.88. The van der Waals surface area contributed by atoms with Crippen molar-refractivity contribution in [1.82, 2.24) is 4.90 Å². The predicted octanol–water partition coefficient (Wildman–Crippen LogP) is 3.89. The van der Waals surface area contributed by atoms with Crippen molar-refractivity contribution < 1.29 is 15.0 Å². The Bertz CT molecular complexity index is 705. The first kappa shape index (κ1) is 15.9. The van der Waals surface area contributed by atoms with Crippen LogP contribution in [0.25, 0.3) is 0 Å². The molecule has 0 aliphatic rings. The molecule has 22 heavy (non-hydrogen) atoms. The smallest absolute Gasteiger partial charge is 0.262 e. The Morgan fingerprint density at radius 2 is 2.14 bits per heavy atom. The lowest BCUT2D eigenvalue weighted by molar-refractivity contribution is 0.0798. The van der Waals surface area contributed by atoms with E-state index in [2.05, 4.69) is 6.58 Å². The van der Waals surface area contributed by atoms with Crippen molar-refractivity contribution >= 4 is 17.2 Å². The fraction of sp³-hybridized carbons (Fsp3) is 0.118. The summed E-state index contributed by atoms with van der Waals surface area (Å²) in [5, 5.41) is 23.2. The summed E-state index contributed by atoms with van der Waals surface area (Å²) in [5.41, 5.74) is 1.79. The van der Waals surface area contributed by atoms with Crippen LogP contribution < -0.4 is 0 Å². The largest absolute Gasteiger partial charge is 0.508 e. The standard InChI is InChI=1S/C17H17NO3S/c1-3-13(4-2)18(10-12-7-8-22-11-12)17(21)15-6-5-14(19)9-16(15)20/h3-9,11,19-20H,1,10H2,2H3/b13-4+. The fourth-order valence-corrected chi connectivity index (χ4v) is 2.74. The second kappa shape index (κ2) is 6.95. The van der Waals surface area contributed by atoms with Gasteiger partial charge in [-0.2, -0.15) is 11.3 Å². The summed E-state index contributed by atoms with van der Waals surface area (Å²) in [6.07, 6.45) is 3.39. The van der Waals surface area contributed by atoms with Crippen molar-refractivity contribution in [3.05, 3.63) is 70.6 Å². The van der Waals surface area contributed by atoms with Gasteiger partial charge in [0.05, 0.1) is 12.1 Å². The Morgan fingerprint density at radius 1 is 1.36 bits per heavy atom. The topological polar surface area (TPSA) is 60.8 Å². The van der Waals surface area contributed by atoms with Gasteiger partial charge in [0.1, 0.15) is 11.5 Å². The molecule has 1 aromatic carbocycles. The molecule has 0 unspecified atom stereocenters. The van der Waals surface area contributed by atoms with Crippen molar-refractivity contribution in [1.29, 1.82) is 0 Å². The van der Waals surface area contributed by atoms with Crippen LogP contribution in [0.5, 0.6) is 11.5 Å². The molecule has 114 valence electrons. The number of phenols is 2. The maximum atomic E-state index is 12.8. The maximum absolute atomic E-state index is 12.8. The van der Waals surface area contributed by atoms with E-state index in [1.807, 2.05) is 23.8 Å². The Labute approximate surface area is 133 Å². The number of rotatable bonds is 5. The first-order chi connectivity index (χ1) is 10.6. The summed E-state index contributed by atoms with van der Waals surface area (Å²) in [6.45, 7) is 5.94. The summed E-state index contributed by atoms with van der Waals surface area (Å²) < 4.78 is 0. The van der Waals surface area contributed by atoms with Gasteiger partial charge in [-0.25, -0.2) is 0 Å². The zero-order valence-electron chi connectivity index (χ0n) is 12.2. The molecule has 0 saturated carbocycles. The van der Waals surface area contributed by atoms with Crippen LogP contribution in [0.15, 0.2) is 59.5 Å². The van der Waals surface area contributed by atoms with Crippen LogP contribution in [0.1, 0.15) is 22.8 Å². The quantitative estimate of drug-likeness (QED) is 0.823. The minimum absolute atomic E-state index is 0.0894. The number of aromatic hydroxyl groups is 2. The molecule has 2 rings (SSSR count). The minimum atomic E-state index is -0.350. The number of amides is 1. The number of phenolic OH excluding ortho intramolecular Hbond substituents is 2. The molecule has 0 saturated heterocycles. The first-order valence-corrected chi connectivity index (χ1v) is 7.64. The lowest BCUT2D eigenvalue weighted by Crippen LogP contribution is -2.29. The van der Waals surface area contributed by atoms with E-state index in [-0.39, 0.29) is 23.0 Å². The SMILES string of the molecule is C=C/C(=C\C)N(Cc1ccsc1)C(=O)c1ccc(O)cc1O. The van der Waals surface area contributed by atoms with Gasteiger partial charge in [0.2, 0.25) is 0 Å². The molecule has 2 aromatic rings. The van der Waals surface area contributed by atoms with Gasteiger partial charge < -0.3 is 15.1 Å². The first-order valence-electron chi connectivity index (χ1n) is 6.70. The summed E-state index contributed by atoms with van der Waals surface area (Å²) in [5.74, 6) is -0.690. The van der Waals surface area contributed by atoms with E-state index in [1.54, 1.807) is 28.4 Å². The molecule has 1 amide bonds. The molecule has 5 heteroatoms. The van der Waals surface area contributed by atoms with Crippen LogP contribution in [0.3, 0.4) is 0 Å². The average molecular weight is 315 g/mol. The molecule has 0 atom stereocenters. The Morgan fingerprint density at radius 3 is 2.68 bits per heavy atom. The van der Waals surface area contributed by atoms with Crippen molar-refractivity contribution in [3.8, 4) is 11.5 Å². The molecule has 0 fully saturated rings. The number of benzene rings is 1. The average Bonchev–Trinajstić information content (AvgIpc) is 3.00. The highest BCUT2D eigenvalue weighted by Gasteiger charge is 2.21. The van der Waals surface area contributed by atoms with E-state index >= 15 is 0 Å². The van der Waals surface area contributed by atoms with E-state index in [1.165, 1.54) is 12.1 Å². The van der Waals surface area contributed by atoms with Gasteiger partial charge in [-0.1, -0.05) is 12.7 Å². The predicted molar refractivity (Wildman–Crippen MR) is 87.9 cm³/mol. The van der Waals surface area contributed by atoms with Gasteiger partial charge in [-0.15, -0.1) is 0 Å². The molecule has 1 heterocycles. The Hall–Kier alpha value is -2.53. The van der Waals surface area contributed by atoms with Crippen LogP contribution >= 0.6 is 11.3 Å². The third kappa shape index (κ3) is 3.38. The van der Waals surface area contributed by atoms with Crippen molar-refractivity contribution in [2.45, 2.75) is 13.5 Å². The highest BCUT2D eigenvalue weighted by atomic mass is 32.1. The van der Waals surface area contributed by atoms with Gasteiger partial charge in [-0.05, 0) is 47.5 Å². The van der Waals surface area contributed by atoms with E-state index in [9.17, 15) is 15.0 Å². The maximum Gasteiger partial charge on any atom is 0.262 e. The summed E-state index contributed by atoms with van der Waals surface area (Å²) in [7, 11) is 0. The van der Waals surface area contributed by atoms with E-state index in [0.29, 0.717) is 12.2 Å². The molecule has 0 spiro atoms. The van der Waals surface area contributed by atoms with Gasteiger partial charge in [0.25, 0.3) is 5.91 Å². The molecule has 0 aliphatic carbocycles. The van der Waals surface area contributed by atoms with Crippen molar-refractivity contribution in [2.24, 2.45) is 0 Å². The zero-order chi connectivity index (χ0) is 16.1. The van der Waals surface area contributed by atoms with Gasteiger partial charge in [0.15, 0.2) is 0 Å². The summed E-state index contributed by atoms with van der Waals surface area (Å²) >= 11 is 1.56. The van der Waals surface area contributed by atoms with E-state index in [4.69, 9.17) is 0 Å². The number of hydrogen-bond donors (Lipinski definition) is 2. The van der Waals surface area contributed by atoms with Crippen LogP contribution in [0.4, 0.5) is 0 Å². The van der Waals surface area contributed by atoms with Crippen LogP contribution in [0.2, 0.25) is 0 Å². The highest BCUT2D eigenvalue weighted by Crippen LogP contribution is 2.26.